The second-order valence-corrected chi connectivity index (χ2v) is 5.45. The van der Waals surface area contributed by atoms with Gasteiger partial charge in [-0.25, -0.2) is 0 Å². The van der Waals surface area contributed by atoms with Crippen LogP contribution in [0.5, 0.6) is 0 Å². The Morgan fingerprint density at radius 3 is 2.69 bits per heavy atom. The van der Waals surface area contributed by atoms with Crippen LogP contribution in [-0.2, 0) is 6.54 Å². The van der Waals surface area contributed by atoms with Crippen LogP contribution in [0, 0.1) is 5.92 Å². The van der Waals surface area contributed by atoms with Gasteiger partial charge in [0.15, 0.2) is 0 Å². The van der Waals surface area contributed by atoms with Crippen molar-refractivity contribution in [2.24, 2.45) is 5.92 Å². The third-order valence-corrected chi connectivity index (χ3v) is 4.13. The van der Waals surface area contributed by atoms with E-state index in [1.165, 1.54) is 4.88 Å². The van der Waals surface area contributed by atoms with E-state index in [2.05, 4.69) is 48.5 Å². The van der Waals surface area contributed by atoms with Gasteiger partial charge in [-0.3, -0.25) is 4.90 Å². The van der Waals surface area contributed by atoms with Crippen molar-refractivity contribution in [2.45, 2.75) is 33.4 Å². The molecule has 0 fully saturated rings. The molecule has 0 aromatic carbocycles. The summed E-state index contributed by atoms with van der Waals surface area (Å²) in [5.41, 5.74) is 0. The summed E-state index contributed by atoms with van der Waals surface area (Å²) in [5.74, 6) is 0.685. The monoisotopic (exact) mass is 240 g/mol. The second kappa shape index (κ2) is 7.05. The molecule has 1 aromatic heterocycles. The molecule has 0 radical (unpaired) electrons. The number of nitrogens with zero attached hydrogens (tertiary/aromatic N) is 1. The zero-order chi connectivity index (χ0) is 12.0. The topological polar surface area (TPSA) is 15.3 Å². The first-order valence-electron chi connectivity index (χ1n) is 6.10. The van der Waals surface area contributed by atoms with Crippen LogP contribution in [0.1, 0.15) is 25.6 Å². The highest BCUT2D eigenvalue weighted by Crippen LogP contribution is 2.17. The van der Waals surface area contributed by atoms with E-state index in [9.17, 15) is 0 Å². The molecule has 0 saturated carbocycles. The first-order chi connectivity index (χ1) is 7.69. The van der Waals surface area contributed by atoms with Gasteiger partial charge in [-0.1, -0.05) is 19.9 Å². The molecule has 1 rings (SSSR count). The van der Waals surface area contributed by atoms with E-state index in [1.54, 1.807) is 0 Å². The van der Waals surface area contributed by atoms with Crippen molar-refractivity contribution < 1.29 is 0 Å². The fourth-order valence-electron chi connectivity index (χ4n) is 2.00. The number of thiophene rings is 1. The van der Waals surface area contributed by atoms with Crippen LogP contribution in [-0.4, -0.2) is 31.1 Å². The van der Waals surface area contributed by atoms with E-state index in [1.807, 2.05) is 18.4 Å². The quantitative estimate of drug-likeness (QED) is 0.788. The van der Waals surface area contributed by atoms with Crippen molar-refractivity contribution in [3.8, 4) is 0 Å². The van der Waals surface area contributed by atoms with Crippen molar-refractivity contribution in [1.29, 1.82) is 0 Å². The van der Waals surface area contributed by atoms with Crippen LogP contribution in [0.3, 0.4) is 0 Å². The molecule has 1 heterocycles. The summed E-state index contributed by atoms with van der Waals surface area (Å²) in [6.45, 7) is 10.2. The van der Waals surface area contributed by atoms with Crippen LogP contribution < -0.4 is 5.32 Å². The minimum atomic E-state index is 0.625. The normalized spacial score (nSPS) is 15.3. The Balaban J connectivity index is 2.52. The first kappa shape index (κ1) is 13.7. The molecular weight excluding hydrogens is 216 g/mol. The Hall–Kier alpha value is -0.380. The van der Waals surface area contributed by atoms with Gasteiger partial charge in [0.1, 0.15) is 0 Å². The van der Waals surface area contributed by atoms with Gasteiger partial charge in [0, 0.05) is 17.5 Å². The Morgan fingerprint density at radius 2 is 2.19 bits per heavy atom. The number of rotatable bonds is 7. The van der Waals surface area contributed by atoms with Crippen LogP contribution in [0.15, 0.2) is 17.5 Å². The molecule has 0 saturated heterocycles. The summed E-state index contributed by atoms with van der Waals surface area (Å²) >= 11 is 1.85. The average molecular weight is 240 g/mol. The van der Waals surface area contributed by atoms with Gasteiger partial charge in [-0.15, -0.1) is 11.3 Å². The number of hydrogen-bond acceptors (Lipinski definition) is 3. The molecule has 0 amide bonds. The molecule has 2 atom stereocenters. The van der Waals surface area contributed by atoms with E-state index in [0.29, 0.717) is 12.0 Å². The fourth-order valence-corrected chi connectivity index (χ4v) is 2.73. The van der Waals surface area contributed by atoms with Crippen molar-refractivity contribution >= 4 is 11.3 Å². The molecule has 0 aliphatic heterocycles. The smallest absolute Gasteiger partial charge is 0.0330 e. The summed E-state index contributed by atoms with van der Waals surface area (Å²) in [7, 11) is 2.03. The van der Waals surface area contributed by atoms with E-state index in [4.69, 9.17) is 0 Å². The molecule has 3 heteroatoms. The van der Waals surface area contributed by atoms with Gasteiger partial charge in [-0.05, 0) is 44.4 Å². The Bertz CT molecular complexity index is 271. The number of nitrogens with one attached hydrogen (secondary N) is 1. The van der Waals surface area contributed by atoms with Gasteiger partial charge in [0.05, 0.1) is 0 Å². The van der Waals surface area contributed by atoms with Gasteiger partial charge in [-0.2, -0.15) is 0 Å². The molecular formula is C13H24N2S. The van der Waals surface area contributed by atoms with Crippen molar-refractivity contribution in [2.75, 3.05) is 20.1 Å². The molecule has 1 N–H and O–H groups in total. The van der Waals surface area contributed by atoms with Crippen LogP contribution >= 0.6 is 11.3 Å². The van der Waals surface area contributed by atoms with E-state index >= 15 is 0 Å². The highest BCUT2D eigenvalue weighted by Gasteiger charge is 2.18. The third kappa shape index (κ3) is 3.89. The molecule has 1 aromatic rings. The van der Waals surface area contributed by atoms with Crippen molar-refractivity contribution in [3.05, 3.63) is 22.4 Å². The van der Waals surface area contributed by atoms with Crippen LogP contribution in [0.25, 0.3) is 0 Å². The van der Waals surface area contributed by atoms with E-state index < -0.39 is 0 Å². The standard InChI is InChI=1S/C13H24N2S/c1-5-15(10-13-7-6-8-16-13)12(3)11(2)9-14-4/h6-8,11-12,14H,5,9-10H2,1-4H3. The van der Waals surface area contributed by atoms with E-state index in [-0.39, 0.29) is 0 Å². The summed E-state index contributed by atoms with van der Waals surface area (Å²) in [6.07, 6.45) is 0. The maximum Gasteiger partial charge on any atom is 0.0330 e. The average Bonchev–Trinajstić information content (AvgIpc) is 2.78. The lowest BCUT2D eigenvalue weighted by atomic mass is 10.0. The predicted molar refractivity (Wildman–Crippen MR) is 73.0 cm³/mol. The van der Waals surface area contributed by atoms with Gasteiger partial charge >= 0.3 is 0 Å². The molecule has 2 unspecified atom stereocenters. The Kier molecular flexibility index (Phi) is 6.03. The maximum absolute atomic E-state index is 3.26. The van der Waals surface area contributed by atoms with E-state index in [0.717, 1.165) is 19.6 Å². The largest absolute Gasteiger partial charge is 0.319 e. The molecule has 0 aliphatic rings. The third-order valence-electron chi connectivity index (χ3n) is 3.27. The Morgan fingerprint density at radius 1 is 1.44 bits per heavy atom. The summed E-state index contributed by atoms with van der Waals surface area (Å²) in [6, 6.07) is 4.98. The molecule has 0 bridgehead atoms. The molecule has 0 spiro atoms. The SMILES string of the molecule is CCN(Cc1cccs1)C(C)C(C)CNC. The lowest BCUT2D eigenvalue weighted by Gasteiger charge is -2.32. The summed E-state index contributed by atoms with van der Waals surface area (Å²) < 4.78 is 0. The zero-order valence-electron chi connectivity index (χ0n) is 10.9. The molecule has 2 nitrogen and oxygen atoms in total. The first-order valence-corrected chi connectivity index (χ1v) is 6.98. The molecule has 0 aliphatic carbocycles. The second-order valence-electron chi connectivity index (χ2n) is 4.42. The highest BCUT2D eigenvalue weighted by molar-refractivity contribution is 7.09. The van der Waals surface area contributed by atoms with Crippen LogP contribution in [0.4, 0.5) is 0 Å². The fraction of sp³-hybridized carbons (Fsp3) is 0.692. The zero-order valence-corrected chi connectivity index (χ0v) is 11.7. The Labute approximate surface area is 104 Å². The minimum absolute atomic E-state index is 0.625. The van der Waals surface area contributed by atoms with Crippen molar-refractivity contribution in [1.82, 2.24) is 10.2 Å². The molecule has 92 valence electrons. The minimum Gasteiger partial charge on any atom is -0.319 e. The van der Waals surface area contributed by atoms with Crippen molar-refractivity contribution in [3.63, 3.8) is 0 Å². The van der Waals surface area contributed by atoms with Gasteiger partial charge in [0.2, 0.25) is 0 Å². The molecule has 16 heavy (non-hydrogen) atoms. The van der Waals surface area contributed by atoms with Gasteiger partial charge < -0.3 is 5.32 Å². The lowest BCUT2D eigenvalue weighted by Crippen LogP contribution is -2.40. The predicted octanol–water partition coefficient (Wildman–Crippen LogP) is 2.81. The van der Waals surface area contributed by atoms with Crippen LogP contribution in [0.2, 0.25) is 0 Å². The summed E-state index contributed by atoms with van der Waals surface area (Å²) in [4.78, 5) is 4.01. The van der Waals surface area contributed by atoms with Gasteiger partial charge in [0.25, 0.3) is 0 Å². The maximum atomic E-state index is 3.26. The lowest BCUT2D eigenvalue weighted by molar-refractivity contribution is 0.162. The number of hydrogen-bond donors (Lipinski definition) is 1. The highest BCUT2D eigenvalue weighted by atomic mass is 32.1. The summed E-state index contributed by atoms with van der Waals surface area (Å²) in [5, 5.41) is 5.42.